The number of pyridine rings is 2. The quantitative estimate of drug-likeness (QED) is 0.919. The van der Waals surface area contributed by atoms with Gasteiger partial charge in [0.2, 0.25) is 0 Å². The van der Waals surface area contributed by atoms with E-state index in [0.717, 1.165) is 42.8 Å². The van der Waals surface area contributed by atoms with Crippen molar-refractivity contribution in [3.8, 4) is 5.75 Å². The van der Waals surface area contributed by atoms with Gasteiger partial charge < -0.3 is 9.84 Å². The summed E-state index contributed by atoms with van der Waals surface area (Å²) in [5.74, 6) is 0.389. The monoisotopic (exact) mass is 298 g/mol. The third kappa shape index (κ3) is 2.79. The molecule has 0 spiro atoms. The number of aromatic carboxylic acids is 1. The van der Waals surface area contributed by atoms with Gasteiger partial charge in [-0.15, -0.1) is 0 Å². The zero-order valence-electron chi connectivity index (χ0n) is 12.5. The summed E-state index contributed by atoms with van der Waals surface area (Å²) in [6.45, 7) is 0. The number of carboxylic acids is 1. The van der Waals surface area contributed by atoms with E-state index in [0.29, 0.717) is 5.92 Å². The second-order valence-corrected chi connectivity index (χ2v) is 5.49. The molecule has 1 aliphatic carbocycles. The van der Waals surface area contributed by atoms with Crippen LogP contribution in [-0.4, -0.2) is 28.2 Å². The number of hydrogen-bond acceptors (Lipinski definition) is 4. The van der Waals surface area contributed by atoms with Crippen LogP contribution in [-0.2, 0) is 12.8 Å². The van der Waals surface area contributed by atoms with Crippen LogP contribution in [0, 0.1) is 0 Å². The average Bonchev–Trinajstić information content (AvgIpc) is 2.96. The zero-order chi connectivity index (χ0) is 15.5. The van der Waals surface area contributed by atoms with Crippen molar-refractivity contribution < 1.29 is 14.6 Å². The summed E-state index contributed by atoms with van der Waals surface area (Å²) in [7, 11) is 1.68. The SMILES string of the molecule is COc1ccnc2c1CCC2CCc1cc(C(=O)O)ccn1. The number of methoxy groups -OCH3 is 1. The van der Waals surface area contributed by atoms with E-state index in [9.17, 15) is 4.79 Å². The molecule has 0 saturated carbocycles. The highest BCUT2D eigenvalue weighted by Crippen LogP contribution is 2.38. The van der Waals surface area contributed by atoms with Gasteiger partial charge in [0.15, 0.2) is 0 Å². The van der Waals surface area contributed by atoms with Crippen LogP contribution in [0.15, 0.2) is 30.6 Å². The van der Waals surface area contributed by atoms with E-state index in [1.807, 2.05) is 6.07 Å². The number of rotatable bonds is 5. The Bertz CT molecular complexity index is 700. The molecule has 2 heterocycles. The van der Waals surface area contributed by atoms with Crippen molar-refractivity contribution in [1.29, 1.82) is 0 Å². The first kappa shape index (κ1) is 14.5. The molecule has 0 fully saturated rings. The van der Waals surface area contributed by atoms with Gasteiger partial charge in [0.1, 0.15) is 5.75 Å². The Morgan fingerprint density at radius 2 is 2.18 bits per heavy atom. The fraction of sp³-hybridized carbons (Fsp3) is 0.353. The lowest BCUT2D eigenvalue weighted by Crippen LogP contribution is -2.03. The van der Waals surface area contributed by atoms with Crippen molar-refractivity contribution in [3.63, 3.8) is 0 Å². The number of hydrogen-bond donors (Lipinski definition) is 1. The van der Waals surface area contributed by atoms with E-state index < -0.39 is 5.97 Å². The van der Waals surface area contributed by atoms with Crippen molar-refractivity contribution in [3.05, 3.63) is 53.1 Å². The molecule has 1 aliphatic rings. The van der Waals surface area contributed by atoms with Gasteiger partial charge in [-0.2, -0.15) is 0 Å². The molecule has 2 aromatic rings. The molecule has 0 amide bonds. The van der Waals surface area contributed by atoms with Crippen LogP contribution in [0.5, 0.6) is 5.75 Å². The second kappa shape index (κ2) is 6.13. The molecule has 0 aromatic carbocycles. The Balaban J connectivity index is 1.72. The first-order valence-electron chi connectivity index (χ1n) is 7.39. The smallest absolute Gasteiger partial charge is 0.335 e. The molecule has 0 saturated heterocycles. The van der Waals surface area contributed by atoms with Crippen LogP contribution < -0.4 is 4.74 Å². The Labute approximate surface area is 129 Å². The highest BCUT2D eigenvalue weighted by Gasteiger charge is 2.26. The van der Waals surface area contributed by atoms with Crippen LogP contribution in [0.2, 0.25) is 0 Å². The maximum atomic E-state index is 11.0. The zero-order valence-corrected chi connectivity index (χ0v) is 12.5. The van der Waals surface area contributed by atoms with Crippen LogP contribution >= 0.6 is 0 Å². The molecule has 5 nitrogen and oxygen atoms in total. The normalized spacial score (nSPS) is 16.3. The fourth-order valence-corrected chi connectivity index (χ4v) is 3.09. The predicted octanol–water partition coefficient (Wildman–Crippen LogP) is 2.85. The van der Waals surface area contributed by atoms with E-state index in [1.165, 1.54) is 11.6 Å². The summed E-state index contributed by atoms with van der Waals surface area (Å²) in [5, 5.41) is 9.03. The molecule has 0 aliphatic heterocycles. The van der Waals surface area contributed by atoms with Crippen LogP contribution in [0.3, 0.4) is 0 Å². The molecule has 114 valence electrons. The van der Waals surface area contributed by atoms with Crippen molar-refractivity contribution >= 4 is 5.97 Å². The van der Waals surface area contributed by atoms with Gasteiger partial charge in [-0.1, -0.05) is 0 Å². The molecule has 22 heavy (non-hydrogen) atoms. The maximum absolute atomic E-state index is 11.0. The minimum atomic E-state index is -0.915. The molecular weight excluding hydrogens is 280 g/mol. The standard InChI is InChI=1S/C17H18N2O3/c1-22-15-7-9-19-16-11(3-5-14(15)16)2-4-13-10-12(17(20)21)6-8-18-13/h6-11H,2-5H2,1H3,(H,20,21). The van der Waals surface area contributed by atoms with E-state index in [1.54, 1.807) is 25.6 Å². The number of nitrogens with zero attached hydrogens (tertiary/aromatic N) is 2. The van der Waals surface area contributed by atoms with Gasteiger partial charge in [-0.25, -0.2) is 4.79 Å². The van der Waals surface area contributed by atoms with E-state index in [2.05, 4.69) is 9.97 Å². The lowest BCUT2D eigenvalue weighted by Gasteiger charge is -2.11. The molecule has 5 heteroatoms. The third-order valence-corrected chi connectivity index (χ3v) is 4.21. The molecule has 1 N–H and O–H groups in total. The average molecular weight is 298 g/mol. The molecule has 3 rings (SSSR count). The summed E-state index contributed by atoms with van der Waals surface area (Å²) < 4.78 is 5.39. The highest BCUT2D eigenvalue weighted by molar-refractivity contribution is 5.87. The maximum Gasteiger partial charge on any atom is 0.335 e. The van der Waals surface area contributed by atoms with Crippen LogP contribution in [0.25, 0.3) is 0 Å². The summed E-state index contributed by atoms with van der Waals surface area (Å²) in [5.41, 5.74) is 3.43. The number of fused-ring (bicyclic) bond motifs is 1. The predicted molar refractivity (Wildman–Crippen MR) is 81.4 cm³/mol. The Kier molecular flexibility index (Phi) is 4.04. The highest BCUT2D eigenvalue weighted by atomic mass is 16.5. The lowest BCUT2D eigenvalue weighted by molar-refractivity contribution is 0.0696. The molecule has 0 radical (unpaired) electrons. The molecule has 1 atom stereocenters. The minimum Gasteiger partial charge on any atom is -0.496 e. The molecule has 0 bridgehead atoms. The number of carbonyl (C=O) groups is 1. The lowest BCUT2D eigenvalue weighted by atomic mass is 9.98. The van der Waals surface area contributed by atoms with Crippen molar-refractivity contribution in [2.45, 2.75) is 31.6 Å². The van der Waals surface area contributed by atoms with Gasteiger partial charge in [-0.3, -0.25) is 9.97 Å². The van der Waals surface area contributed by atoms with Crippen LogP contribution in [0.1, 0.15) is 46.1 Å². The van der Waals surface area contributed by atoms with E-state index >= 15 is 0 Å². The van der Waals surface area contributed by atoms with Crippen molar-refractivity contribution in [1.82, 2.24) is 9.97 Å². The number of aromatic nitrogens is 2. The van der Waals surface area contributed by atoms with Crippen molar-refractivity contribution in [2.75, 3.05) is 7.11 Å². The van der Waals surface area contributed by atoms with Gasteiger partial charge in [-0.05, 0) is 43.9 Å². The Morgan fingerprint density at radius 3 is 2.95 bits per heavy atom. The van der Waals surface area contributed by atoms with Crippen molar-refractivity contribution in [2.24, 2.45) is 0 Å². The Morgan fingerprint density at radius 1 is 1.36 bits per heavy atom. The van der Waals surface area contributed by atoms with Gasteiger partial charge in [0, 0.05) is 29.6 Å². The Hall–Kier alpha value is -2.43. The summed E-state index contributed by atoms with van der Waals surface area (Å²) in [6.07, 6.45) is 7.07. The number of ether oxygens (including phenoxy) is 1. The first-order valence-corrected chi connectivity index (χ1v) is 7.39. The molecule has 1 unspecified atom stereocenters. The largest absolute Gasteiger partial charge is 0.496 e. The number of aryl methyl sites for hydroxylation is 1. The topological polar surface area (TPSA) is 72.3 Å². The number of carboxylic acid groups (broad SMARTS) is 1. The summed E-state index contributed by atoms with van der Waals surface area (Å²) in [6, 6.07) is 5.07. The second-order valence-electron chi connectivity index (χ2n) is 5.49. The van der Waals surface area contributed by atoms with Gasteiger partial charge >= 0.3 is 5.97 Å². The summed E-state index contributed by atoms with van der Waals surface area (Å²) >= 11 is 0. The molecule has 2 aromatic heterocycles. The van der Waals surface area contributed by atoms with E-state index in [-0.39, 0.29) is 5.56 Å². The van der Waals surface area contributed by atoms with Crippen LogP contribution in [0.4, 0.5) is 0 Å². The van der Waals surface area contributed by atoms with Gasteiger partial charge in [0.05, 0.1) is 18.4 Å². The van der Waals surface area contributed by atoms with Gasteiger partial charge in [0.25, 0.3) is 0 Å². The fourth-order valence-electron chi connectivity index (χ4n) is 3.09. The van der Waals surface area contributed by atoms with E-state index in [4.69, 9.17) is 9.84 Å². The minimum absolute atomic E-state index is 0.289. The third-order valence-electron chi connectivity index (χ3n) is 4.21. The summed E-state index contributed by atoms with van der Waals surface area (Å²) in [4.78, 5) is 19.8. The molecular formula is C17H18N2O3. The first-order chi connectivity index (χ1) is 10.7.